The second kappa shape index (κ2) is 9.43. The molecule has 0 saturated heterocycles. The van der Waals surface area contributed by atoms with Crippen molar-refractivity contribution in [3.05, 3.63) is 96.7 Å². The maximum Gasteiger partial charge on any atom is 0.221 e. The second-order valence-corrected chi connectivity index (χ2v) is 11.1. The Hall–Kier alpha value is -4.68. The molecule has 210 valence electrons. The first-order valence-corrected chi connectivity index (χ1v) is 13.4. The number of ether oxygens (including phenoxy) is 1. The molecule has 42 heavy (non-hydrogen) atoms. The molecule has 1 N–H and O–H groups in total. The van der Waals surface area contributed by atoms with Gasteiger partial charge in [0.05, 0.1) is 39.1 Å². The third-order valence-corrected chi connectivity index (χ3v) is 7.41. The molecular formula is C33H24N5O3Pt-. The molecule has 8 nitrogen and oxygen atoms in total. The molecule has 0 aliphatic heterocycles. The Bertz CT molecular complexity index is 2310. The Balaban J connectivity index is 0.00000288. The van der Waals surface area contributed by atoms with Crippen molar-refractivity contribution in [2.75, 3.05) is 0 Å². The molecule has 8 aromatic rings. The number of furan rings is 1. The van der Waals surface area contributed by atoms with Gasteiger partial charge in [-0.25, -0.2) is 4.98 Å². The van der Waals surface area contributed by atoms with Crippen molar-refractivity contribution in [1.82, 2.24) is 23.9 Å². The average molecular weight is 734 g/mol. The summed E-state index contributed by atoms with van der Waals surface area (Å²) in [4.78, 5) is 14.2. The van der Waals surface area contributed by atoms with Crippen LogP contribution in [0.3, 0.4) is 0 Å². The van der Waals surface area contributed by atoms with E-state index < -0.39 is 0 Å². The van der Waals surface area contributed by atoms with Crippen molar-refractivity contribution in [3.63, 3.8) is 0 Å². The number of benzene rings is 3. The number of nitrogens with zero attached hydrogens (tertiary/aromatic N) is 5. The van der Waals surface area contributed by atoms with Gasteiger partial charge in [-0.15, -0.1) is 0 Å². The molecule has 0 radical (unpaired) electrons. The minimum atomic E-state index is -0.182. The molecule has 8 rings (SSSR count). The van der Waals surface area contributed by atoms with Gasteiger partial charge in [0.15, 0.2) is 0 Å². The third kappa shape index (κ3) is 3.90. The van der Waals surface area contributed by atoms with Gasteiger partial charge in [-0.3, -0.25) is 8.97 Å². The molecule has 3 aromatic carbocycles. The minimum Gasteiger partial charge on any atom is -0.517 e. The van der Waals surface area contributed by atoms with Crippen molar-refractivity contribution >= 4 is 49.9 Å². The van der Waals surface area contributed by atoms with Gasteiger partial charge in [0.25, 0.3) is 0 Å². The minimum absolute atomic E-state index is 0. The van der Waals surface area contributed by atoms with E-state index in [1.165, 1.54) is 0 Å². The number of aromatic nitrogens is 5. The molecule has 5 heterocycles. The van der Waals surface area contributed by atoms with Crippen molar-refractivity contribution in [2.45, 2.75) is 26.2 Å². The van der Waals surface area contributed by atoms with Gasteiger partial charge >= 0.3 is 0 Å². The van der Waals surface area contributed by atoms with E-state index in [9.17, 15) is 5.11 Å². The number of imidazole rings is 2. The second-order valence-electron chi connectivity index (χ2n) is 11.1. The molecule has 0 aliphatic carbocycles. The van der Waals surface area contributed by atoms with E-state index in [1.807, 2.05) is 53.1 Å². The summed E-state index contributed by atoms with van der Waals surface area (Å²) in [6.45, 7) is 6.30. The van der Waals surface area contributed by atoms with E-state index in [0.29, 0.717) is 39.5 Å². The molecule has 0 aliphatic rings. The monoisotopic (exact) mass is 733 g/mol. The number of hydrogen-bond donors (Lipinski definition) is 1. The Morgan fingerprint density at radius 2 is 1.62 bits per heavy atom. The van der Waals surface area contributed by atoms with Gasteiger partial charge in [-0.05, 0) is 59.0 Å². The van der Waals surface area contributed by atoms with Crippen LogP contribution < -0.4 is 4.74 Å². The molecule has 0 spiro atoms. The predicted molar refractivity (Wildman–Crippen MR) is 158 cm³/mol. The molecule has 0 atom stereocenters. The number of fused-ring (bicyclic) bond motifs is 8. The van der Waals surface area contributed by atoms with E-state index in [-0.39, 0.29) is 32.2 Å². The summed E-state index contributed by atoms with van der Waals surface area (Å²) in [6, 6.07) is 28.7. The first kappa shape index (κ1) is 26.2. The summed E-state index contributed by atoms with van der Waals surface area (Å²) in [5, 5.41) is 11.8. The summed E-state index contributed by atoms with van der Waals surface area (Å²) in [6.07, 6.45) is 1.55. The standard InChI is InChI=1S/C33H24N5O3.Pt/c1-33(2,3)21-15-16-26(39)29-20-17-19(18-34-31(20)41-30(21)29)40-28-14-8-13-27(36-28)38-25-12-7-6-11-24(25)37-23-10-5-4-9-22(23)35-32(37)38;/h4-16,18,39H,1-3H3;/q-1;. The van der Waals surface area contributed by atoms with E-state index in [0.717, 1.165) is 33.4 Å². The van der Waals surface area contributed by atoms with Crippen LogP contribution in [0.2, 0.25) is 0 Å². The van der Waals surface area contributed by atoms with Crippen LogP contribution in [-0.4, -0.2) is 29.0 Å². The normalized spacial score (nSPS) is 12.1. The molecular weight excluding hydrogens is 709 g/mol. The van der Waals surface area contributed by atoms with E-state index >= 15 is 0 Å². The van der Waals surface area contributed by atoms with Gasteiger partial charge in [-0.1, -0.05) is 68.6 Å². The van der Waals surface area contributed by atoms with E-state index in [1.54, 1.807) is 18.3 Å². The Morgan fingerprint density at radius 1 is 0.857 bits per heavy atom. The van der Waals surface area contributed by atoms with Crippen LogP contribution in [0.5, 0.6) is 17.4 Å². The number of aromatic hydroxyl groups is 1. The van der Waals surface area contributed by atoms with Gasteiger partial charge in [0.2, 0.25) is 11.7 Å². The van der Waals surface area contributed by atoms with E-state index in [4.69, 9.17) is 19.1 Å². The average Bonchev–Trinajstić information content (AvgIpc) is 3.61. The van der Waals surface area contributed by atoms with Crippen LogP contribution in [0.4, 0.5) is 0 Å². The van der Waals surface area contributed by atoms with Crippen LogP contribution in [0, 0.1) is 6.07 Å². The number of para-hydroxylation sites is 4. The first-order valence-electron chi connectivity index (χ1n) is 13.4. The SMILES string of the molecule is CC(C)(C)c1ccc(O)c2c1oc1ncc(Oc3cccc(-n4c5ccccc5n5c6ccccc6nc45)n3)[c-]c12.[Pt]. The summed E-state index contributed by atoms with van der Waals surface area (Å²) in [7, 11) is 0. The van der Waals surface area contributed by atoms with Crippen molar-refractivity contribution < 1.29 is 35.3 Å². The van der Waals surface area contributed by atoms with Gasteiger partial charge in [0, 0.05) is 27.1 Å². The molecule has 9 heteroatoms. The van der Waals surface area contributed by atoms with Gasteiger partial charge in [0.1, 0.15) is 11.5 Å². The first-order chi connectivity index (χ1) is 19.9. The molecule has 0 saturated carbocycles. The number of phenolic OH excluding ortho intramolecular Hbond substituents is 1. The quantitative estimate of drug-likeness (QED) is 0.187. The fourth-order valence-corrected chi connectivity index (χ4v) is 5.57. The third-order valence-electron chi connectivity index (χ3n) is 7.41. The summed E-state index contributed by atoms with van der Waals surface area (Å²) in [5.41, 5.74) is 5.74. The molecule has 0 amide bonds. The maximum atomic E-state index is 10.7. The number of hydrogen-bond acceptors (Lipinski definition) is 6. The Morgan fingerprint density at radius 3 is 2.43 bits per heavy atom. The topological polar surface area (TPSA) is 90.6 Å². The number of pyridine rings is 2. The van der Waals surface area contributed by atoms with Crippen molar-refractivity contribution in [1.29, 1.82) is 0 Å². The maximum absolute atomic E-state index is 10.7. The molecule has 0 fully saturated rings. The summed E-state index contributed by atoms with van der Waals surface area (Å²) >= 11 is 0. The fourth-order valence-electron chi connectivity index (χ4n) is 5.57. The van der Waals surface area contributed by atoms with Gasteiger partial charge < -0.3 is 19.2 Å². The van der Waals surface area contributed by atoms with Crippen LogP contribution in [0.1, 0.15) is 26.3 Å². The van der Waals surface area contributed by atoms with Crippen LogP contribution in [0.15, 0.2) is 89.5 Å². The van der Waals surface area contributed by atoms with Gasteiger partial charge in [-0.2, -0.15) is 4.98 Å². The molecule has 0 unspecified atom stereocenters. The Labute approximate surface area is 254 Å². The smallest absolute Gasteiger partial charge is 0.221 e. The number of phenols is 1. The summed E-state index contributed by atoms with van der Waals surface area (Å²) in [5.74, 6) is 2.28. The fraction of sp³-hybridized carbons (Fsp3) is 0.121. The largest absolute Gasteiger partial charge is 0.517 e. The molecule has 0 bridgehead atoms. The van der Waals surface area contributed by atoms with E-state index in [2.05, 4.69) is 54.4 Å². The summed E-state index contributed by atoms with van der Waals surface area (Å²) < 4.78 is 16.4. The predicted octanol–water partition coefficient (Wildman–Crippen LogP) is 7.71. The van der Waals surface area contributed by atoms with Crippen LogP contribution in [0.25, 0.3) is 55.7 Å². The zero-order chi connectivity index (χ0) is 27.9. The Kier molecular flexibility index (Phi) is 5.89. The number of rotatable bonds is 3. The van der Waals surface area contributed by atoms with Crippen LogP contribution in [-0.2, 0) is 26.5 Å². The zero-order valence-corrected chi connectivity index (χ0v) is 25.2. The zero-order valence-electron chi connectivity index (χ0n) is 22.9. The van der Waals surface area contributed by atoms with Crippen LogP contribution >= 0.6 is 0 Å². The van der Waals surface area contributed by atoms with Crippen molar-refractivity contribution in [2.24, 2.45) is 0 Å². The molecule has 5 aromatic heterocycles. The van der Waals surface area contributed by atoms with Crippen molar-refractivity contribution in [3.8, 4) is 23.2 Å².